The molecule has 0 radical (unpaired) electrons. The summed E-state index contributed by atoms with van der Waals surface area (Å²) in [6.07, 6.45) is 5.25. The summed E-state index contributed by atoms with van der Waals surface area (Å²) in [6, 6.07) is 0. The number of aromatic nitrogens is 2. The highest BCUT2D eigenvalue weighted by Gasteiger charge is 2.25. The quantitative estimate of drug-likeness (QED) is 0.862. The molecule has 1 unspecified atom stereocenters. The zero-order valence-corrected chi connectivity index (χ0v) is 10.5. The van der Waals surface area contributed by atoms with Gasteiger partial charge in [0.2, 0.25) is 5.88 Å². The molecule has 0 bridgehead atoms. The molecule has 1 atom stereocenters. The lowest BCUT2D eigenvalue weighted by Gasteiger charge is -2.19. The Balaban J connectivity index is 2.13. The number of hydrogen-bond donors (Lipinski definition) is 1. The molecule has 17 heavy (non-hydrogen) atoms. The van der Waals surface area contributed by atoms with Crippen LogP contribution in [-0.4, -0.2) is 30.2 Å². The van der Waals surface area contributed by atoms with Gasteiger partial charge >= 0.3 is 0 Å². The minimum absolute atomic E-state index is 0.467. The lowest BCUT2D eigenvalue weighted by Crippen LogP contribution is -2.22. The number of methoxy groups -OCH3 is 1. The molecule has 5 heteroatoms. The van der Waals surface area contributed by atoms with Gasteiger partial charge in [0.05, 0.1) is 7.11 Å². The zero-order valence-electron chi connectivity index (χ0n) is 10.5. The summed E-state index contributed by atoms with van der Waals surface area (Å²) < 4.78 is 5.12. The molecule has 0 aliphatic carbocycles. The molecule has 1 saturated heterocycles. The van der Waals surface area contributed by atoms with Crippen molar-refractivity contribution in [2.24, 2.45) is 5.92 Å². The predicted molar refractivity (Wildman–Crippen MR) is 68.2 cm³/mol. The first-order chi connectivity index (χ1) is 8.26. The first-order valence-electron chi connectivity index (χ1n) is 6.15. The van der Waals surface area contributed by atoms with Crippen LogP contribution >= 0.6 is 0 Å². The van der Waals surface area contributed by atoms with E-state index < -0.39 is 0 Å². The Morgan fingerprint density at radius 3 is 3.06 bits per heavy atom. The molecular formula is C12H20N4O. The van der Waals surface area contributed by atoms with E-state index in [0.29, 0.717) is 11.6 Å². The lowest BCUT2D eigenvalue weighted by molar-refractivity contribution is 0.399. The van der Waals surface area contributed by atoms with Crippen LogP contribution in [0.4, 0.5) is 11.5 Å². The highest BCUT2D eigenvalue weighted by molar-refractivity contribution is 5.68. The molecule has 0 amide bonds. The van der Waals surface area contributed by atoms with Gasteiger partial charge in [-0.2, -0.15) is 4.98 Å². The van der Waals surface area contributed by atoms with E-state index in [1.165, 1.54) is 25.6 Å². The summed E-state index contributed by atoms with van der Waals surface area (Å²) in [6.45, 7) is 4.29. The molecule has 2 N–H and O–H groups in total. The molecule has 1 aromatic rings. The van der Waals surface area contributed by atoms with Crippen molar-refractivity contribution in [2.75, 3.05) is 30.8 Å². The van der Waals surface area contributed by atoms with Crippen LogP contribution in [0.3, 0.4) is 0 Å². The third kappa shape index (κ3) is 2.43. The van der Waals surface area contributed by atoms with Crippen molar-refractivity contribution >= 4 is 11.5 Å². The molecule has 0 saturated carbocycles. The highest BCUT2D eigenvalue weighted by Crippen LogP contribution is 2.32. The maximum atomic E-state index is 6.00. The van der Waals surface area contributed by atoms with Crippen LogP contribution in [0, 0.1) is 5.92 Å². The predicted octanol–water partition coefficient (Wildman–Crippen LogP) is 1.69. The second-order valence-corrected chi connectivity index (χ2v) is 4.51. The highest BCUT2D eigenvalue weighted by atomic mass is 16.5. The summed E-state index contributed by atoms with van der Waals surface area (Å²) >= 11 is 0. The van der Waals surface area contributed by atoms with E-state index in [2.05, 4.69) is 21.8 Å². The van der Waals surface area contributed by atoms with Gasteiger partial charge in [0.25, 0.3) is 0 Å². The molecule has 94 valence electrons. The number of ether oxygens (including phenoxy) is 1. The van der Waals surface area contributed by atoms with Gasteiger partial charge in [-0.25, -0.2) is 4.98 Å². The third-order valence-electron chi connectivity index (χ3n) is 3.30. The standard InChI is InChI=1S/C12H20N4O/c1-3-4-9-5-6-16(7-9)11-10(13)12(17-2)15-8-14-11/h8-9H,3-7,13H2,1-2H3. The van der Waals surface area contributed by atoms with Gasteiger partial charge in [0, 0.05) is 13.1 Å². The van der Waals surface area contributed by atoms with Crippen LogP contribution in [0.15, 0.2) is 6.33 Å². The van der Waals surface area contributed by atoms with Crippen LogP contribution < -0.4 is 15.4 Å². The second kappa shape index (κ2) is 5.21. The molecule has 1 fully saturated rings. The van der Waals surface area contributed by atoms with Crippen molar-refractivity contribution in [2.45, 2.75) is 26.2 Å². The Morgan fingerprint density at radius 1 is 1.53 bits per heavy atom. The van der Waals surface area contributed by atoms with E-state index in [-0.39, 0.29) is 0 Å². The Kier molecular flexibility index (Phi) is 3.66. The molecule has 2 heterocycles. The normalized spacial score (nSPS) is 19.6. The smallest absolute Gasteiger partial charge is 0.242 e. The summed E-state index contributed by atoms with van der Waals surface area (Å²) in [5.41, 5.74) is 6.55. The lowest BCUT2D eigenvalue weighted by atomic mass is 10.0. The van der Waals surface area contributed by atoms with E-state index >= 15 is 0 Å². The molecule has 1 aliphatic rings. The van der Waals surface area contributed by atoms with Gasteiger partial charge in [-0.3, -0.25) is 0 Å². The average molecular weight is 236 g/mol. The van der Waals surface area contributed by atoms with Gasteiger partial charge in [-0.05, 0) is 18.8 Å². The van der Waals surface area contributed by atoms with E-state index in [4.69, 9.17) is 10.5 Å². The largest absolute Gasteiger partial charge is 0.479 e. The van der Waals surface area contributed by atoms with Crippen LogP contribution in [-0.2, 0) is 0 Å². The molecule has 1 aromatic heterocycles. The van der Waals surface area contributed by atoms with Gasteiger partial charge in [-0.15, -0.1) is 0 Å². The van der Waals surface area contributed by atoms with E-state index in [1.807, 2.05) is 0 Å². The molecule has 1 aliphatic heterocycles. The fourth-order valence-electron chi connectivity index (χ4n) is 2.45. The first kappa shape index (κ1) is 12.0. The first-order valence-corrected chi connectivity index (χ1v) is 6.15. The molecule has 0 aromatic carbocycles. The van der Waals surface area contributed by atoms with Gasteiger partial charge < -0.3 is 15.4 Å². The van der Waals surface area contributed by atoms with Gasteiger partial charge in [0.1, 0.15) is 12.0 Å². The fourth-order valence-corrected chi connectivity index (χ4v) is 2.45. The summed E-state index contributed by atoms with van der Waals surface area (Å²) in [5, 5.41) is 0. The maximum absolute atomic E-state index is 6.00. The third-order valence-corrected chi connectivity index (χ3v) is 3.30. The number of nitrogen functional groups attached to an aromatic ring is 1. The van der Waals surface area contributed by atoms with Crippen molar-refractivity contribution in [3.8, 4) is 5.88 Å². The monoisotopic (exact) mass is 236 g/mol. The minimum Gasteiger partial charge on any atom is -0.479 e. The van der Waals surface area contributed by atoms with Crippen molar-refractivity contribution in [3.63, 3.8) is 0 Å². The zero-order chi connectivity index (χ0) is 12.3. The fraction of sp³-hybridized carbons (Fsp3) is 0.667. The number of hydrogen-bond acceptors (Lipinski definition) is 5. The van der Waals surface area contributed by atoms with Crippen molar-refractivity contribution in [1.82, 2.24) is 9.97 Å². The van der Waals surface area contributed by atoms with Gasteiger partial charge in [-0.1, -0.05) is 13.3 Å². The number of rotatable bonds is 4. The maximum Gasteiger partial charge on any atom is 0.242 e. The SMILES string of the molecule is CCCC1CCN(c2ncnc(OC)c2N)C1. The van der Waals surface area contributed by atoms with Crippen LogP contribution in [0.1, 0.15) is 26.2 Å². The number of nitrogens with two attached hydrogens (primary N) is 1. The van der Waals surface area contributed by atoms with Crippen molar-refractivity contribution < 1.29 is 4.74 Å². The average Bonchev–Trinajstić information content (AvgIpc) is 2.78. The van der Waals surface area contributed by atoms with Crippen LogP contribution in [0.5, 0.6) is 5.88 Å². The second-order valence-electron chi connectivity index (χ2n) is 4.51. The van der Waals surface area contributed by atoms with E-state index in [9.17, 15) is 0 Å². The Hall–Kier alpha value is -1.52. The molecule has 2 rings (SSSR count). The van der Waals surface area contributed by atoms with Crippen LogP contribution in [0.2, 0.25) is 0 Å². The molecule has 0 spiro atoms. The number of anilines is 2. The van der Waals surface area contributed by atoms with Gasteiger partial charge in [0.15, 0.2) is 5.82 Å². The summed E-state index contributed by atoms with van der Waals surface area (Å²) in [4.78, 5) is 10.5. The van der Waals surface area contributed by atoms with Crippen molar-refractivity contribution in [1.29, 1.82) is 0 Å². The molecule has 5 nitrogen and oxygen atoms in total. The Labute approximate surface area is 102 Å². The van der Waals surface area contributed by atoms with E-state index in [1.54, 1.807) is 7.11 Å². The minimum atomic E-state index is 0.467. The summed E-state index contributed by atoms with van der Waals surface area (Å²) in [5.74, 6) is 2.05. The summed E-state index contributed by atoms with van der Waals surface area (Å²) in [7, 11) is 1.58. The van der Waals surface area contributed by atoms with Crippen LogP contribution in [0.25, 0.3) is 0 Å². The molecular weight excluding hydrogens is 216 g/mol. The van der Waals surface area contributed by atoms with Crippen molar-refractivity contribution in [3.05, 3.63) is 6.33 Å². The topological polar surface area (TPSA) is 64.3 Å². The Morgan fingerprint density at radius 2 is 2.35 bits per heavy atom. The number of nitrogens with zero attached hydrogens (tertiary/aromatic N) is 3. The van der Waals surface area contributed by atoms with E-state index in [0.717, 1.165) is 24.8 Å². The Bertz CT molecular complexity index is 383.